The lowest BCUT2D eigenvalue weighted by atomic mass is 9.71. The summed E-state index contributed by atoms with van der Waals surface area (Å²) >= 11 is 0. The number of aryl methyl sites for hydroxylation is 1. The van der Waals surface area contributed by atoms with E-state index >= 15 is 0 Å². The highest BCUT2D eigenvalue weighted by Crippen LogP contribution is 2.41. The van der Waals surface area contributed by atoms with Crippen LogP contribution in [0.15, 0.2) is 0 Å². The maximum absolute atomic E-state index is 10.5. The van der Waals surface area contributed by atoms with Gasteiger partial charge in [0, 0.05) is 24.1 Å². The molecule has 0 bridgehead atoms. The zero-order valence-electron chi connectivity index (χ0n) is 12.6. The van der Waals surface area contributed by atoms with Crippen molar-refractivity contribution >= 4 is 11.8 Å². The molecule has 0 unspecified atom stereocenters. The van der Waals surface area contributed by atoms with E-state index in [1.807, 2.05) is 6.92 Å². The first kappa shape index (κ1) is 13.6. The normalized spacial score (nSPS) is 28.5. The van der Waals surface area contributed by atoms with Crippen LogP contribution in [0.5, 0.6) is 0 Å². The second-order valence-corrected chi connectivity index (χ2v) is 7.01. The van der Waals surface area contributed by atoms with Gasteiger partial charge >= 0.3 is 0 Å². The van der Waals surface area contributed by atoms with Crippen molar-refractivity contribution in [2.75, 3.05) is 23.7 Å². The van der Waals surface area contributed by atoms with Crippen LogP contribution < -0.4 is 10.6 Å². The molecule has 1 fully saturated rings. The van der Waals surface area contributed by atoms with Crippen molar-refractivity contribution in [3.63, 3.8) is 0 Å². The minimum Gasteiger partial charge on any atom is -0.389 e. The van der Waals surface area contributed by atoms with E-state index in [1.54, 1.807) is 0 Å². The van der Waals surface area contributed by atoms with Gasteiger partial charge in [0.05, 0.1) is 11.3 Å². The standard InChI is InChI=1S/C15H24N4O/c1-14(2)9-19(8-7-15(14,3)20)12-10-5-4-6-11(10)17-13(16)18-12/h20H,4-9H2,1-3H3,(H2,16,17,18)/t15-/m0/s1. The van der Waals surface area contributed by atoms with Crippen molar-refractivity contribution in [2.45, 2.75) is 52.1 Å². The molecule has 0 spiro atoms. The van der Waals surface area contributed by atoms with Crippen molar-refractivity contribution in [2.24, 2.45) is 5.41 Å². The van der Waals surface area contributed by atoms with Crippen LogP contribution in [0.25, 0.3) is 0 Å². The summed E-state index contributed by atoms with van der Waals surface area (Å²) in [4.78, 5) is 11.1. The number of aromatic nitrogens is 2. The fourth-order valence-corrected chi connectivity index (χ4v) is 3.29. The SMILES string of the molecule is CC1(C)CN(c2nc(N)nc3c2CCC3)CC[C@]1(C)O. The van der Waals surface area contributed by atoms with Crippen LogP contribution in [-0.4, -0.2) is 33.8 Å². The number of anilines is 2. The summed E-state index contributed by atoms with van der Waals surface area (Å²) in [6.07, 6.45) is 3.93. The van der Waals surface area contributed by atoms with Crippen LogP contribution in [0.2, 0.25) is 0 Å². The molecule has 5 heteroatoms. The first-order valence-electron chi connectivity index (χ1n) is 7.43. The molecule has 2 heterocycles. The molecule has 1 atom stereocenters. The smallest absolute Gasteiger partial charge is 0.222 e. The molecule has 0 saturated carbocycles. The van der Waals surface area contributed by atoms with Gasteiger partial charge < -0.3 is 15.7 Å². The molecule has 1 aromatic rings. The van der Waals surface area contributed by atoms with Gasteiger partial charge in [-0.1, -0.05) is 13.8 Å². The lowest BCUT2D eigenvalue weighted by Gasteiger charge is -2.49. The number of nitrogen functional groups attached to an aromatic ring is 1. The number of fused-ring (bicyclic) bond motifs is 1. The molecule has 110 valence electrons. The molecule has 5 nitrogen and oxygen atoms in total. The molecule has 0 aromatic carbocycles. The highest BCUT2D eigenvalue weighted by Gasteiger charge is 2.44. The van der Waals surface area contributed by atoms with Gasteiger partial charge in [0.15, 0.2) is 0 Å². The number of rotatable bonds is 1. The Hall–Kier alpha value is -1.36. The second kappa shape index (κ2) is 4.32. The number of aliphatic hydroxyl groups is 1. The first-order valence-corrected chi connectivity index (χ1v) is 7.43. The second-order valence-electron chi connectivity index (χ2n) is 7.01. The number of hydrogen-bond donors (Lipinski definition) is 2. The van der Waals surface area contributed by atoms with Crippen LogP contribution >= 0.6 is 0 Å². The molecule has 1 aromatic heterocycles. The van der Waals surface area contributed by atoms with Crippen LogP contribution in [0.4, 0.5) is 11.8 Å². The minimum absolute atomic E-state index is 0.170. The number of piperidine rings is 1. The molecule has 3 rings (SSSR count). The Morgan fingerprint density at radius 2 is 1.95 bits per heavy atom. The molecule has 3 N–H and O–H groups in total. The number of hydrogen-bond acceptors (Lipinski definition) is 5. The lowest BCUT2D eigenvalue weighted by Crippen LogP contribution is -2.56. The van der Waals surface area contributed by atoms with E-state index in [-0.39, 0.29) is 5.41 Å². The van der Waals surface area contributed by atoms with Crippen LogP contribution in [0, 0.1) is 5.41 Å². The Morgan fingerprint density at radius 3 is 2.65 bits per heavy atom. The zero-order chi connectivity index (χ0) is 14.5. The zero-order valence-corrected chi connectivity index (χ0v) is 12.6. The molecule has 1 aliphatic carbocycles. The summed E-state index contributed by atoms with van der Waals surface area (Å²) in [6.45, 7) is 7.78. The van der Waals surface area contributed by atoms with Gasteiger partial charge in [0.2, 0.25) is 5.95 Å². The van der Waals surface area contributed by atoms with Gasteiger partial charge in [-0.25, -0.2) is 4.98 Å². The predicted molar refractivity (Wildman–Crippen MR) is 79.7 cm³/mol. The Balaban J connectivity index is 1.95. The average molecular weight is 276 g/mol. The van der Waals surface area contributed by atoms with E-state index in [0.717, 1.165) is 50.3 Å². The third-order valence-corrected chi connectivity index (χ3v) is 5.14. The van der Waals surface area contributed by atoms with Gasteiger partial charge in [-0.15, -0.1) is 0 Å². The molecule has 0 amide bonds. The summed E-state index contributed by atoms with van der Waals surface area (Å²) in [6, 6.07) is 0. The quantitative estimate of drug-likeness (QED) is 0.813. The van der Waals surface area contributed by atoms with Crippen molar-refractivity contribution in [1.29, 1.82) is 0 Å². The van der Waals surface area contributed by atoms with E-state index in [0.29, 0.717) is 5.95 Å². The average Bonchev–Trinajstić information content (AvgIpc) is 2.79. The van der Waals surface area contributed by atoms with Gasteiger partial charge in [-0.05, 0) is 32.6 Å². The summed E-state index contributed by atoms with van der Waals surface area (Å²) in [5, 5.41) is 10.5. The first-order chi connectivity index (χ1) is 9.30. The highest BCUT2D eigenvalue weighted by molar-refractivity contribution is 5.54. The maximum atomic E-state index is 10.5. The van der Waals surface area contributed by atoms with Crippen molar-refractivity contribution in [3.8, 4) is 0 Å². The van der Waals surface area contributed by atoms with Crippen LogP contribution in [0.1, 0.15) is 44.9 Å². The van der Waals surface area contributed by atoms with Gasteiger partial charge in [-0.2, -0.15) is 4.98 Å². The van der Waals surface area contributed by atoms with Crippen molar-refractivity contribution in [3.05, 3.63) is 11.3 Å². The third kappa shape index (κ3) is 2.04. The Labute approximate surface area is 120 Å². The molecule has 1 saturated heterocycles. The van der Waals surface area contributed by atoms with Crippen LogP contribution in [0.3, 0.4) is 0 Å². The summed E-state index contributed by atoms with van der Waals surface area (Å²) in [5.41, 5.74) is 7.43. The molecule has 20 heavy (non-hydrogen) atoms. The highest BCUT2D eigenvalue weighted by atomic mass is 16.3. The monoisotopic (exact) mass is 276 g/mol. The Kier molecular flexibility index (Phi) is 2.94. The minimum atomic E-state index is -0.634. The van der Waals surface area contributed by atoms with Crippen molar-refractivity contribution in [1.82, 2.24) is 9.97 Å². The number of nitrogens with two attached hydrogens (primary N) is 1. The van der Waals surface area contributed by atoms with Crippen molar-refractivity contribution < 1.29 is 5.11 Å². The summed E-state index contributed by atoms with van der Waals surface area (Å²) in [5.74, 6) is 1.37. The molecule has 2 aliphatic rings. The van der Waals surface area contributed by atoms with Crippen LogP contribution in [-0.2, 0) is 12.8 Å². The fraction of sp³-hybridized carbons (Fsp3) is 0.733. The molecular weight excluding hydrogens is 252 g/mol. The summed E-state index contributed by atoms with van der Waals surface area (Å²) in [7, 11) is 0. The number of nitrogens with zero attached hydrogens (tertiary/aromatic N) is 3. The summed E-state index contributed by atoms with van der Waals surface area (Å²) < 4.78 is 0. The fourth-order valence-electron chi connectivity index (χ4n) is 3.29. The maximum Gasteiger partial charge on any atom is 0.222 e. The van der Waals surface area contributed by atoms with Gasteiger partial charge in [0.25, 0.3) is 0 Å². The largest absolute Gasteiger partial charge is 0.389 e. The van der Waals surface area contributed by atoms with E-state index in [2.05, 4.69) is 28.7 Å². The molecule has 0 radical (unpaired) electrons. The molecule has 1 aliphatic heterocycles. The van der Waals surface area contributed by atoms with E-state index in [9.17, 15) is 5.11 Å². The predicted octanol–water partition coefficient (Wildman–Crippen LogP) is 1.53. The van der Waals surface area contributed by atoms with E-state index in [1.165, 1.54) is 5.56 Å². The van der Waals surface area contributed by atoms with Gasteiger partial charge in [0.1, 0.15) is 5.82 Å². The van der Waals surface area contributed by atoms with E-state index in [4.69, 9.17) is 5.73 Å². The Morgan fingerprint density at radius 1 is 1.20 bits per heavy atom. The third-order valence-electron chi connectivity index (χ3n) is 5.14. The van der Waals surface area contributed by atoms with Gasteiger partial charge in [-0.3, -0.25) is 0 Å². The van der Waals surface area contributed by atoms with E-state index < -0.39 is 5.60 Å². The lowest BCUT2D eigenvalue weighted by molar-refractivity contribution is -0.0650. The Bertz CT molecular complexity index is 539. The molecular formula is C15H24N4O. The topological polar surface area (TPSA) is 75.3 Å².